The monoisotopic (exact) mass is 445 g/mol. The predicted molar refractivity (Wildman–Crippen MR) is 115 cm³/mol. The fourth-order valence-corrected chi connectivity index (χ4v) is 4.08. The number of amides is 3. The van der Waals surface area contributed by atoms with Crippen LogP contribution in [0.3, 0.4) is 0 Å². The molecule has 1 fully saturated rings. The Morgan fingerprint density at radius 3 is 3.06 bits per heavy atom. The van der Waals surface area contributed by atoms with Gasteiger partial charge < -0.3 is 25.3 Å². The van der Waals surface area contributed by atoms with Gasteiger partial charge >= 0.3 is 0 Å². The summed E-state index contributed by atoms with van der Waals surface area (Å²) in [6.07, 6.45) is 4.15. The third-order valence-corrected chi connectivity index (χ3v) is 5.70. The average molecular weight is 445 g/mol. The van der Waals surface area contributed by atoms with Gasteiger partial charge in [-0.1, -0.05) is 6.07 Å². The number of anilines is 1. The molecule has 166 valence electrons. The second-order valence-electron chi connectivity index (χ2n) is 7.78. The van der Waals surface area contributed by atoms with Crippen LogP contribution < -0.4 is 15.4 Å². The van der Waals surface area contributed by atoms with Crippen molar-refractivity contribution in [3.8, 4) is 11.8 Å². The molecule has 0 spiro atoms. The van der Waals surface area contributed by atoms with E-state index in [1.165, 1.54) is 17.4 Å². The topological polar surface area (TPSA) is 153 Å². The van der Waals surface area contributed by atoms with Gasteiger partial charge in [0.1, 0.15) is 23.6 Å². The van der Waals surface area contributed by atoms with E-state index in [9.17, 15) is 19.6 Å². The van der Waals surface area contributed by atoms with E-state index >= 15 is 0 Å². The van der Waals surface area contributed by atoms with Crippen LogP contribution in [0, 0.1) is 11.3 Å². The zero-order valence-electron chi connectivity index (χ0n) is 17.4. The van der Waals surface area contributed by atoms with Crippen LogP contribution in [-0.2, 0) is 11.3 Å². The summed E-state index contributed by atoms with van der Waals surface area (Å²) in [6, 6.07) is 6.95. The number of aromatic amines is 1. The molecular weight excluding hydrogens is 426 g/mol. The lowest BCUT2D eigenvalue weighted by Crippen LogP contribution is -2.34. The number of carbonyl (C=O) groups is 3. The van der Waals surface area contributed by atoms with Gasteiger partial charge in [-0.2, -0.15) is 5.26 Å². The summed E-state index contributed by atoms with van der Waals surface area (Å²) in [4.78, 5) is 50.1. The highest BCUT2D eigenvalue weighted by molar-refractivity contribution is 6.10. The van der Waals surface area contributed by atoms with Gasteiger partial charge in [-0.15, -0.1) is 0 Å². The first-order chi connectivity index (χ1) is 16.0. The Balaban J connectivity index is 1.35. The van der Waals surface area contributed by atoms with Gasteiger partial charge in [0, 0.05) is 19.3 Å². The van der Waals surface area contributed by atoms with Crippen LogP contribution >= 0.6 is 0 Å². The summed E-state index contributed by atoms with van der Waals surface area (Å²) in [5.41, 5.74) is 2.39. The minimum absolute atomic E-state index is 0.0254. The quantitative estimate of drug-likeness (QED) is 0.548. The molecule has 0 unspecified atom stereocenters. The molecule has 11 nitrogen and oxygen atoms in total. The molecule has 0 bridgehead atoms. The Hall–Kier alpha value is -4.46. The van der Waals surface area contributed by atoms with Crippen LogP contribution in [0.5, 0.6) is 5.75 Å². The molecule has 11 heteroatoms. The van der Waals surface area contributed by atoms with Crippen molar-refractivity contribution in [3.05, 3.63) is 47.5 Å². The predicted octanol–water partition coefficient (Wildman–Crippen LogP) is 1.35. The highest BCUT2D eigenvalue weighted by Gasteiger charge is 2.31. The molecule has 4 heterocycles. The molecule has 5 rings (SSSR count). The minimum Gasteiger partial charge on any atom is -0.482 e. The average Bonchev–Trinajstić information content (AvgIpc) is 3.48. The zero-order valence-corrected chi connectivity index (χ0v) is 17.4. The van der Waals surface area contributed by atoms with E-state index in [2.05, 4.69) is 31.7 Å². The van der Waals surface area contributed by atoms with Crippen LogP contribution in [-0.4, -0.2) is 56.8 Å². The lowest BCUT2D eigenvalue weighted by molar-refractivity contribution is -0.118. The van der Waals surface area contributed by atoms with Gasteiger partial charge in [0.05, 0.1) is 22.8 Å². The molecule has 2 aromatic heterocycles. The molecule has 3 aromatic rings. The van der Waals surface area contributed by atoms with Gasteiger partial charge in [-0.3, -0.25) is 14.4 Å². The summed E-state index contributed by atoms with van der Waals surface area (Å²) in [6.45, 7) is 0.675. The second kappa shape index (κ2) is 8.23. The SMILES string of the molecule is N#C[C@@H]1CCCN1C(=O)c1c[nH]c2c(C(=O)NCc3ccc4c(c3)NC(=O)CO4)ncnc12. The highest BCUT2D eigenvalue weighted by atomic mass is 16.5. The third kappa shape index (κ3) is 3.71. The van der Waals surface area contributed by atoms with Crippen molar-refractivity contribution in [2.45, 2.75) is 25.4 Å². The molecule has 3 amide bonds. The van der Waals surface area contributed by atoms with E-state index < -0.39 is 11.9 Å². The van der Waals surface area contributed by atoms with Crippen molar-refractivity contribution in [1.29, 1.82) is 5.26 Å². The second-order valence-corrected chi connectivity index (χ2v) is 7.78. The number of fused-ring (bicyclic) bond motifs is 2. The molecule has 1 aromatic carbocycles. The molecule has 1 saturated heterocycles. The van der Waals surface area contributed by atoms with Crippen molar-refractivity contribution in [2.24, 2.45) is 0 Å². The van der Waals surface area contributed by atoms with E-state index in [0.29, 0.717) is 41.0 Å². The number of benzene rings is 1. The number of nitrogens with zero attached hydrogens (tertiary/aromatic N) is 4. The summed E-state index contributed by atoms with van der Waals surface area (Å²) in [7, 11) is 0. The molecule has 0 aliphatic carbocycles. The van der Waals surface area contributed by atoms with Gasteiger partial charge in [0.25, 0.3) is 17.7 Å². The molecule has 33 heavy (non-hydrogen) atoms. The fraction of sp³-hybridized carbons (Fsp3) is 0.273. The number of aromatic nitrogens is 3. The normalized spacial score (nSPS) is 17.1. The number of hydrogen-bond donors (Lipinski definition) is 3. The maximum atomic E-state index is 13.0. The van der Waals surface area contributed by atoms with Gasteiger partial charge in [-0.25, -0.2) is 9.97 Å². The third-order valence-electron chi connectivity index (χ3n) is 5.70. The molecule has 2 aliphatic rings. The van der Waals surface area contributed by atoms with Crippen molar-refractivity contribution >= 4 is 34.4 Å². The van der Waals surface area contributed by atoms with E-state index in [4.69, 9.17) is 4.74 Å². The van der Waals surface area contributed by atoms with Gasteiger partial charge in [-0.05, 0) is 30.5 Å². The van der Waals surface area contributed by atoms with Gasteiger partial charge in [0.15, 0.2) is 12.3 Å². The van der Waals surface area contributed by atoms with Crippen LogP contribution in [0.25, 0.3) is 11.0 Å². The minimum atomic E-state index is -0.459. The summed E-state index contributed by atoms with van der Waals surface area (Å²) in [5, 5.41) is 14.8. The number of nitrogens with one attached hydrogen (secondary N) is 3. The van der Waals surface area contributed by atoms with Crippen molar-refractivity contribution in [1.82, 2.24) is 25.2 Å². The number of carbonyl (C=O) groups excluding carboxylic acids is 3. The summed E-state index contributed by atoms with van der Waals surface area (Å²) >= 11 is 0. The lowest BCUT2D eigenvalue weighted by atomic mass is 10.1. The maximum absolute atomic E-state index is 13.0. The molecule has 0 saturated carbocycles. The molecule has 3 N–H and O–H groups in total. The smallest absolute Gasteiger partial charge is 0.272 e. The lowest BCUT2D eigenvalue weighted by Gasteiger charge is -2.18. The van der Waals surface area contributed by atoms with E-state index in [1.54, 1.807) is 18.2 Å². The Bertz CT molecular complexity index is 1330. The zero-order chi connectivity index (χ0) is 22.9. The molecule has 0 radical (unpaired) electrons. The van der Waals surface area contributed by atoms with Crippen molar-refractivity contribution in [2.75, 3.05) is 18.5 Å². The molecule has 2 aliphatic heterocycles. The van der Waals surface area contributed by atoms with E-state index in [-0.39, 0.29) is 30.7 Å². The number of H-pyrrole nitrogens is 1. The number of likely N-dealkylation sites (tertiary alicyclic amines) is 1. The first kappa shape index (κ1) is 20.4. The van der Waals surface area contributed by atoms with Crippen LogP contribution in [0.2, 0.25) is 0 Å². The summed E-state index contributed by atoms with van der Waals surface area (Å²) < 4.78 is 5.34. The van der Waals surface area contributed by atoms with Crippen molar-refractivity contribution in [3.63, 3.8) is 0 Å². The number of nitriles is 1. The Morgan fingerprint density at radius 1 is 1.33 bits per heavy atom. The fourth-order valence-electron chi connectivity index (χ4n) is 4.08. The Labute approximate surface area is 187 Å². The standard InChI is InChI=1S/C22H19N7O4/c23-7-13-2-1-5-29(13)22(32)14-9-24-19-18(14)26-11-27-20(19)21(31)25-8-12-3-4-16-15(6-12)28-17(30)10-33-16/h3-4,6,9,11,13,24H,1-2,5,8,10H2,(H,25,31)(H,28,30)/t13-/m0/s1. The number of rotatable bonds is 4. The maximum Gasteiger partial charge on any atom is 0.272 e. The van der Waals surface area contributed by atoms with Crippen LogP contribution in [0.4, 0.5) is 5.69 Å². The Kier molecular flexibility index (Phi) is 5.10. The first-order valence-corrected chi connectivity index (χ1v) is 10.4. The summed E-state index contributed by atoms with van der Waals surface area (Å²) in [5.74, 6) is -0.410. The first-order valence-electron chi connectivity index (χ1n) is 10.4. The number of hydrogen-bond acceptors (Lipinski definition) is 7. The molecule has 1 atom stereocenters. The largest absolute Gasteiger partial charge is 0.482 e. The van der Waals surface area contributed by atoms with Crippen molar-refractivity contribution < 1.29 is 19.1 Å². The van der Waals surface area contributed by atoms with Crippen LogP contribution in [0.15, 0.2) is 30.7 Å². The molecular formula is C22H19N7O4. The number of ether oxygens (including phenoxy) is 1. The van der Waals surface area contributed by atoms with E-state index in [0.717, 1.165) is 12.0 Å². The van der Waals surface area contributed by atoms with Crippen LogP contribution in [0.1, 0.15) is 39.3 Å². The highest BCUT2D eigenvalue weighted by Crippen LogP contribution is 2.28. The Morgan fingerprint density at radius 2 is 2.21 bits per heavy atom. The van der Waals surface area contributed by atoms with E-state index in [1.807, 2.05) is 0 Å². The van der Waals surface area contributed by atoms with Gasteiger partial charge in [0.2, 0.25) is 0 Å².